The van der Waals surface area contributed by atoms with Gasteiger partial charge in [0.1, 0.15) is 0 Å². The number of aromatic nitrogens is 4. The summed E-state index contributed by atoms with van der Waals surface area (Å²) < 4.78 is 37.6. The van der Waals surface area contributed by atoms with Gasteiger partial charge in [0.15, 0.2) is 0 Å². The highest BCUT2D eigenvalue weighted by Crippen LogP contribution is 2.28. The molecule has 0 bridgehead atoms. The Morgan fingerprint density at radius 2 is 2.04 bits per heavy atom. The van der Waals surface area contributed by atoms with Gasteiger partial charge in [0.2, 0.25) is 5.82 Å². The van der Waals surface area contributed by atoms with Crippen LogP contribution in [0.2, 0.25) is 0 Å². The third-order valence-corrected chi connectivity index (χ3v) is 3.96. The summed E-state index contributed by atoms with van der Waals surface area (Å²) in [6, 6.07) is 6.90. The van der Waals surface area contributed by atoms with Gasteiger partial charge in [-0.1, -0.05) is 29.4 Å². The highest BCUT2D eigenvalue weighted by atomic mass is 19.3. The fourth-order valence-electron chi connectivity index (χ4n) is 2.45. The first kappa shape index (κ1) is 18.7. The molecular formula is C18H18F2N4O3. The number of nitrogens with zero attached hydrogens (tertiary/aromatic N) is 4. The summed E-state index contributed by atoms with van der Waals surface area (Å²) in [5, 5.41) is 7.79. The molecule has 0 saturated carbocycles. The van der Waals surface area contributed by atoms with Crippen molar-refractivity contribution in [2.45, 2.75) is 32.7 Å². The number of ether oxygens (including phenoxy) is 1. The molecule has 0 aliphatic rings. The Morgan fingerprint density at radius 3 is 2.63 bits per heavy atom. The lowest BCUT2D eigenvalue weighted by Gasteiger charge is -2.12. The quantitative estimate of drug-likeness (QED) is 0.608. The van der Waals surface area contributed by atoms with Crippen LogP contribution >= 0.6 is 0 Å². The van der Waals surface area contributed by atoms with Crippen molar-refractivity contribution in [2.24, 2.45) is 0 Å². The highest BCUT2D eigenvalue weighted by molar-refractivity contribution is 5.88. The Kier molecular flexibility index (Phi) is 5.02. The Labute approximate surface area is 153 Å². The summed E-state index contributed by atoms with van der Waals surface area (Å²) in [7, 11) is 0. The Hall–Kier alpha value is -3.10. The summed E-state index contributed by atoms with van der Waals surface area (Å²) in [5.74, 6) is -4.24. The smallest absolute Gasteiger partial charge is 0.341 e. The minimum absolute atomic E-state index is 0.0921. The van der Waals surface area contributed by atoms with Crippen molar-refractivity contribution in [3.05, 3.63) is 53.7 Å². The van der Waals surface area contributed by atoms with E-state index in [-0.39, 0.29) is 11.9 Å². The molecule has 3 rings (SSSR count). The molecule has 142 valence electrons. The van der Waals surface area contributed by atoms with Crippen molar-refractivity contribution in [1.29, 1.82) is 0 Å². The van der Waals surface area contributed by atoms with Gasteiger partial charge in [0.05, 0.1) is 24.4 Å². The van der Waals surface area contributed by atoms with Crippen molar-refractivity contribution in [3.8, 4) is 11.4 Å². The molecule has 9 heteroatoms. The van der Waals surface area contributed by atoms with Gasteiger partial charge in [-0.3, -0.25) is 4.68 Å². The minimum atomic E-state index is -3.18. The lowest BCUT2D eigenvalue weighted by molar-refractivity contribution is -0.0158. The largest absolute Gasteiger partial charge is 0.462 e. The highest BCUT2D eigenvalue weighted by Gasteiger charge is 2.32. The normalized spacial score (nSPS) is 12.8. The van der Waals surface area contributed by atoms with E-state index in [0.29, 0.717) is 24.7 Å². The molecule has 0 N–H and O–H groups in total. The van der Waals surface area contributed by atoms with Gasteiger partial charge >= 0.3 is 11.9 Å². The number of carbonyl (C=O) groups excluding carboxylic acids is 1. The van der Waals surface area contributed by atoms with Crippen LogP contribution in [0.25, 0.3) is 11.4 Å². The minimum Gasteiger partial charge on any atom is -0.462 e. The summed E-state index contributed by atoms with van der Waals surface area (Å²) in [5.41, 5.74) is 1.83. The van der Waals surface area contributed by atoms with Crippen LogP contribution < -0.4 is 0 Å². The SMILES string of the molecule is CCOC(=O)c1cnn(C(C)c2ccc(-c3noc(C(C)(F)F)n3)cc2)c1. The van der Waals surface area contributed by atoms with Crippen LogP contribution in [0, 0.1) is 0 Å². The molecule has 0 fully saturated rings. The zero-order valence-corrected chi connectivity index (χ0v) is 15.0. The molecule has 0 aliphatic carbocycles. The molecule has 0 aliphatic heterocycles. The van der Waals surface area contributed by atoms with Crippen molar-refractivity contribution >= 4 is 5.97 Å². The number of hydrogen-bond donors (Lipinski definition) is 0. The van der Waals surface area contributed by atoms with Gasteiger partial charge in [0.25, 0.3) is 5.89 Å². The molecule has 2 heterocycles. The Bertz CT molecular complexity index is 929. The van der Waals surface area contributed by atoms with E-state index in [0.717, 1.165) is 5.56 Å². The van der Waals surface area contributed by atoms with Crippen LogP contribution in [0.3, 0.4) is 0 Å². The van der Waals surface area contributed by atoms with Crippen LogP contribution in [0.4, 0.5) is 8.78 Å². The van der Waals surface area contributed by atoms with Crippen LogP contribution in [0.5, 0.6) is 0 Å². The molecule has 0 saturated heterocycles. The number of hydrogen-bond acceptors (Lipinski definition) is 6. The molecule has 0 spiro atoms. The Morgan fingerprint density at radius 1 is 1.33 bits per heavy atom. The number of esters is 1. The van der Waals surface area contributed by atoms with Gasteiger partial charge in [-0.15, -0.1) is 0 Å². The number of benzene rings is 1. The standard InChI is InChI=1S/C18H18F2N4O3/c1-4-26-16(25)14-9-21-24(10-14)11(2)12-5-7-13(8-6-12)15-22-17(27-23-15)18(3,19)20/h5-11H,4H2,1-3H3. The van der Waals surface area contributed by atoms with Gasteiger partial charge in [0, 0.05) is 18.7 Å². The van der Waals surface area contributed by atoms with E-state index in [2.05, 4.69) is 19.8 Å². The zero-order chi connectivity index (χ0) is 19.6. The molecule has 27 heavy (non-hydrogen) atoms. The molecule has 1 aromatic carbocycles. The van der Waals surface area contributed by atoms with Crippen molar-refractivity contribution < 1.29 is 22.8 Å². The lowest BCUT2D eigenvalue weighted by Crippen LogP contribution is -2.08. The summed E-state index contributed by atoms with van der Waals surface area (Å²) in [6.07, 6.45) is 3.07. The maximum Gasteiger partial charge on any atom is 0.341 e. The number of alkyl halides is 2. The summed E-state index contributed by atoms with van der Waals surface area (Å²) in [6.45, 7) is 4.65. The number of halogens is 2. The molecule has 0 radical (unpaired) electrons. The van der Waals surface area contributed by atoms with E-state index in [1.807, 2.05) is 19.1 Å². The van der Waals surface area contributed by atoms with Crippen molar-refractivity contribution in [1.82, 2.24) is 19.9 Å². The fourth-order valence-corrected chi connectivity index (χ4v) is 2.45. The van der Waals surface area contributed by atoms with E-state index < -0.39 is 17.8 Å². The van der Waals surface area contributed by atoms with E-state index in [4.69, 9.17) is 4.74 Å². The first-order chi connectivity index (χ1) is 12.8. The predicted octanol–water partition coefficient (Wildman–Crippen LogP) is 3.83. The lowest BCUT2D eigenvalue weighted by atomic mass is 10.1. The predicted molar refractivity (Wildman–Crippen MR) is 91.3 cm³/mol. The molecule has 0 amide bonds. The first-order valence-electron chi connectivity index (χ1n) is 8.33. The third-order valence-electron chi connectivity index (χ3n) is 3.96. The third kappa shape index (κ3) is 4.02. The van der Waals surface area contributed by atoms with Gasteiger partial charge < -0.3 is 9.26 Å². The number of carbonyl (C=O) groups is 1. The van der Waals surface area contributed by atoms with E-state index in [1.54, 1.807) is 29.9 Å². The van der Waals surface area contributed by atoms with Crippen LogP contribution in [-0.4, -0.2) is 32.5 Å². The number of rotatable bonds is 6. The maximum atomic E-state index is 13.2. The molecular weight excluding hydrogens is 358 g/mol. The molecule has 1 atom stereocenters. The van der Waals surface area contributed by atoms with E-state index in [9.17, 15) is 13.6 Å². The van der Waals surface area contributed by atoms with Crippen molar-refractivity contribution in [3.63, 3.8) is 0 Å². The van der Waals surface area contributed by atoms with E-state index in [1.165, 1.54) is 6.20 Å². The van der Waals surface area contributed by atoms with Crippen LogP contribution in [0.15, 0.2) is 41.2 Å². The second-order valence-corrected chi connectivity index (χ2v) is 6.04. The zero-order valence-electron chi connectivity index (χ0n) is 15.0. The Balaban J connectivity index is 1.77. The van der Waals surface area contributed by atoms with Gasteiger partial charge in [-0.05, 0) is 19.4 Å². The maximum absolute atomic E-state index is 13.2. The monoisotopic (exact) mass is 376 g/mol. The molecule has 3 aromatic rings. The van der Waals surface area contributed by atoms with Crippen molar-refractivity contribution in [2.75, 3.05) is 6.61 Å². The topological polar surface area (TPSA) is 83.0 Å². The molecule has 1 unspecified atom stereocenters. The molecule has 2 aromatic heterocycles. The first-order valence-corrected chi connectivity index (χ1v) is 8.33. The van der Waals surface area contributed by atoms with Gasteiger partial charge in [-0.25, -0.2) is 4.79 Å². The van der Waals surface area contributed by atoms with E-state index >= 15 is 0 Å². The summed E-state index contributed by atoms with van der Waals surface area (Å²) in [4.78, 5) is 15.5. The summed E-state index contributed by atoms with van der Waals surface area (Å²) >= 11 is 0. The van der Waals surface area contributed by atoms with Crippen LogP contribution in [0.1, 0.15) is 48.6 Å². The van der Waals surface area contributed by atoms with Gasteiger partial charge in [-0.2, -0.15) is 18.9 Å². The van der Waals surface area contributed by atoms with Crippen LogP contribution in [-0.2, 0) is 10.7 Å². The second kappa shape index (κ2) is 7.26. The second-order valence-electron chi connectivity index (χ2n) is 6.04. The molecule has 7 nitrogen and oxygen atoms in total. The average molecular weight is 376 g/mol. The fraction of sp³-hybridized carbons (Fsp3) is 0.333. The average Bonchev–Trinajstić information content (AvgIpc) is 3.31.